The lowest BCUT2D eigenvalue weighted by atomic mass is 9.27. The number of allylic oxidation sites excluding steroid dienone is 2. The predicted octanol–water partition coefficient (Wildman–Crippen LogP) is -0.683. The molecule has 0 saturated heterocycles. The van der Waals surface area contributed by atoms with E-state index in [1.807, 2.05) is 0 Å². The van der Waals surface area contributed by atoms with E-state index in [9.17, 15) is 0 Å². The van der Waals surface area contributed by atoms with Crippen LogP contribution in [0.15, 0.2) is 12.2 Å². The average molecular weight is 91.6 g/mol. The molecule has 0 aliphatic heterocycles. The molecular weight excluding hydrogens is 80.5 g/mol. The molecule has 0 N–H and O–H groups in total. The molecule has 3 heteroatoms. The van der Waals surface area contributed by atoms with Gasteiger partial charge in [0.1, 0.15) is 0 Å². The van der Waals surface area contributed by atoms with Gasteiger partial charge in [0.05, 0.1) is 22.0 Å². The molecule has 7 heavy (non-hydrogen) atoms. The number of rotatable bonds is 3. The van der Waals surface area contributed by atoms with E-state index in [-0.39, 0.29) is 0 Å². The SMILES string of the molecule is BBBCC=CC. The second kappa shape index (κ2) is 5.93. The lowest BCUT2D eigenvalue weighted by Gasteiger charge is -1.78. The minimum Gasteiger partial charge on any atom is -0.0971 e. The van der Waals surface area contributed by atoms with E-state index in [2.05, 4.69) is 26.8 Å². The molecule has 36 valence electrons. The summed E-state index contributed by atoms with van der Waals surface area (Å²) in [7, 11) is 4.86. The van der Waals surface area contributed by atoms with Gasteiger partial charge in [-0.3, -0.25) is 0 Å². The fourth-order valence-electron chi connectivity index (χ4n) is 0.489. The van der Waals surface area contributed by atoms with Gasteiger partial charge in [-0.25, -0.2) is 0 Å². The Balaban J connectivity index is 2.69. The maximum Gasteiger partial charge on any atom is 0.0827 e. The van der Waals surface area contributed by atoms with Gasteiger partial charge in [0.15, 0.2) is 0 Å². The zero-order valence-electron chi connectivity index (χ0n) is 5.28. The van der Waals surface area contributed by atoms with E-state index < -0.39 is 0 Å². The summed E-state index contributed by atoms with van der Waals surface area (Å²) in [5.74, 6) is 0. The standard InChI is InChI=1S/C4H11B3/c1-2-3-4-6-7-5/h2-3,6-7H,4-5H2,1H3. The van der Waals surface area contributed by atoms with E-state index in [0.717, 1.165) is 0 Å². The second-order valence-electron chi connectivity index (χ2n) is 1.71. The van der Waals surface area contributed by atoms with Gasteiger partial charge >= 0.3 is 0 Å². The molecule has 0 fully saturated rings. The third kappa shape index (κ3) is 5.93. The minimum atomic E-state index is 1.26. The molecule has 0 rings (SSSR count). The lowest BCUT2D eigenvalue weighted by Crippen LogP contribution is -1.99. The van der Waals surface area contributed by atoms with E-state index in [1.54, 1.807) is 0 Å². The van der Waals surface area contributed by atoms with Crippen LogP contribution in [-0.2, 0) is 0 Å². The van der Waals surface area contributed by atoms with Crippen molar-refractivity contribution < 1.29 is 0 Å². The van der Waals surface area contributed by atoms with Crippen LogP contribution in [0.1, 0.15) is 6.92 Å². The van der Waals surface area contributed by atoms with Crippen LogP contribution < -0.4 is 0 Å². The quantitative estimate of drug-likeness (QED) is 0.245. The second-order valence-corrected chi connectivity index (χ2v) is 1.71. The molecule has 0 aromatic rings. The van der Waals surface area contributed by atoms with Crippen molar-refractivity contribution in [1.82, 2.24) is 0 Å². The number of hydrogen-bond donors (Lipinski definition) is 0. The Morgan fingerprint density at radius 1 is 1.71 bits per heavy atom. The van der Waals surface area contributed by atoms with Gasteiger partial charge in [-0.2, -0.15) is 0 Å². The molecule has 0 aliphatic carbocycles. The molecule has 0 aromatic heterocycles. The average Bonchev–Trinajstić information content (AvgIpc) is 1.69. The summed E-state index contributed by atoms with van der Waals surface area (Å²) in [6.45, 7) is 2.07. The highest BCUT2D eigenvalue weighted by atomic mass is 13.5. The van der Waals surface area contributed by atoms with Crippen molar-refractivity contribution in [2.75, 3.05) is 0 Å². The van der Waals surface area contributed by atoms with Gasteiger partial charge in [0, 0.05) is 0 Å². The normalized spacial score (nSPS) is 9.29. The highest BCUT2D eigenvalue weighted by Gasteiger charge is 1.79. The van der Waals surface area contributed by atoms with E-state index in [1.165, 1.54) is 20.6 Å². The van der Waals surface area contributed by atoms with Crippen molar-refractivity contribution >= 4 is 22.0 Å². The topological polar surface area (TPSA) is 0 Å². The Bertz CT molecular complexity index is 50.9. The summed E-state index contributed by atoms with van der Waals surface area (Å²) in [5.41, 5.74) is 0. The summed E-state index contributed by atoms with van der Waals surface area (Å²) in [5, 5.41) is 0. The molecule has 0 aromatic carbocycles. The molecule has 0 atom stereocenters. The summed E-state index contributed by atoms with van der Waals surface area (Å²) in [6.07, 6.45) is 5.58. The van der Waals surface area contributed by atoms with Crippen molar-refractivity contribution in [1.29, 1.82) is 0 Å². The Hall–Kier alpha value is -0.0652. The first kappa shape index (κ1) is 6.93. The highest BCUT2D eigenvalue weighted by Crippen LogP contribution is 1.77. The van der Waals surface area contributed by atoms with Crippen LogP contribution in [0.4, 0.5) is 0 Å². The Morgan fingerprint density at radius 3 is 2.86 bits per heavy atom. The van der Waals surface area contributed by atoms with Crippen molar-refractivity contribution in [3.8, 4) is 0 Å². The molecule has 0 radical (unpaired) electrons. The lowest BCUT2D eigenvalue weighted by molar-refractivity contribution is 1.62. The number of hydrogen-bond acceptors (Lipinski definition) is 0. The largest absolute Gasteiger partial charge is 0.0971 e. The molecule has 0 saturated carbocycles. The molecule has 0 nitrogen and oxygen atoms in total. The third-order valence-electron chi connectivity index (χ3n) is 0.960. The highest BCUT2D eigenvalue weighted by molar-refractivity contribution is 7.23. The van der Waals surface area contributed by atoms with E-state index >= 15 is 0 Å². The Morgan fingerprint density at radius 2 is 2.43 bits per heavy atom. The zero-order valence-corrected chi connectivity index (χ0v) is 5.28. The summed E-state index contributed by atoms with van der Waals surface area (Å²) < 4.78 is 0. The maximum atomic E-state index is 2.21. The first-order valence-corrected chi connectivity index (χ1v) is 3.03. The van der Waals surface area contributed by atoms with Gasteiger partial charge in [-0.05, 0) is 6.92 Å². The summed E-state index contributed by atoms with van der Waals surface area (Å²) in [4.78, 5) is 0. The predicted molar refractivity (Wildman–Crippen MR) is 42.5 cm³/mol. The van der Waals surface area contributed by atoms with Crippen molar-refractivity contribution in [3.05, 3.63) is 12.2 Å². The fraction of sp³-hybridized carbons (Fsp3) is 0.500. The van der Waals surface area contributed by atoms with Crippen LogP contribution in [0.25, 0.3) is 0 Å². The third-order valence-corrected chi connectivity index (χ3v) is 0.960. The molecular formula is C4H11B3. The molecule has 0 aliphatic rings. The van der Waals surface area contributed by atoms with Gasteiger partial charge in [-0.15, -0.1) is 0 Å². The van der Waals surface area contributed by atoms with Crippen molar-refractivity contribution in [2.24, 2.45) is 0 Å². The van der Waals surface area contributed by atoms with Gasteiger partial charge in [0.25, 0.3) is 0 Å². The molecule has 0 amide bonds. The minimum absolute atomic E-state index is 1.26. The van der Waals surface area contributed by atoms with E-state index in [0.29, 0.717) is 0 Å². The van der Waals surface area contributed by atoms with Crippen molar-refractivity contribution in [2.45, 2.75) is 13.2 Å². The van der Waals surface area contributed by atoms with Crippen LogP contribution in [0.3, 0.4) is 0 Å². The Kier molecular flexibility index (Phi) is 5.88. The summed E-state index contributed by atoms with van der Waals surface area (Å²) >= 11 is 0. The zero-order chi connectivity index (χ0) is 5.54. The molecule has 0 heterocycles. The Labute approximate surface area is 48.2 Å². The van der Waals surface area contributed by atoms with E-state index in [4.69, 9.17) is 0 Å². The fourth-order valence-corrected chi connectivity index (χ4v) is 0.489. The van der Waals surface area contributed by atoms with Crippen LogP contribution in [-0.4, -0.2) is 22.0 Å². The molecule has 0 unspecified atom stereocenters. The van der Waals surface area contributed by atoms with Crippen LogP contribution in [0.5, 0.6) is 0 Å². The first-order chi connectivity index (χ1) is 3.41. The van der Waals surface area contributed by atoms with Gasteiger partial charge in [0.2, 0.25) is 0 Å². The monoisotopic (exact) mass is 92.1 g/mol. The molecule has 0 spiro atoms. The van der Waals surface area contributed by atoms with Crippen LogP contribution in [0, 0.1) is 0 Å². The van der Waals surface area contributed by atoms with Gasteiger partial charge < -0.3 is 0 Å². The smallest absolute Gasteiger partial charge is 0.0827 e. The maximum absolute atomic E-state index is 2.21. The first-order valence-electron chi connectivity index (χ1n) is 3.03. The van der Waals surface area contributed by atoms with Crippen LogP contribution >= 0.6 is 0 Å². The van der Waals surface area contributed by atoms with Gasteiger partial charge in [-0.1, -0.05) is 18.5 Å². The summed E-state index contributed by atoms with van der Waals surface area (Å²) in [6, 6.07) is 0. The van der Waals surface area contributed by atoms with Crippen molar-refractivity contribution in [3.63, 3.8) is 0 Å². The molecule has 0 bridgehead atoms. The van der Waals surface area contributed by atoms with Crippen LogP contribution in [0.2, 0.25) is 6.32 Å².